The molecule has 0 aromatic heterocycles. The number of hydrogen-bond acceptors (Lipinski definition) is 4. The van der Waals surface area contributed by atoms with Crippen LogP contribution in [0.2, 0.25) is 0 Å². The van der Waals surface area contributed by atoms with Crippen molar-refractivity contribution in [1.82, 2.24) is 10.2 Å². The van der Waals surface area contributed by atoms with Gasteiger partial charge in [0.2, 0.25) is 11.8 Å². The first-order valence-electron chi connectivity index (χ1n) is 12.3. The molecule has 0 aliphatic carbocycles. The van der Waals surface area contributed by atoms with Gasteiger partial charge < -0.3 is 20.4 Å². The van der Waals surface area contributed by atoms with E-state index in [2.05, 4.69) is 26.1 Å². The van der Waals surface area contributed by atoms with E-state index in [1.807, 2.05) is 40.7 Å². The minimum atomic E-state index is -1.03. The number of para-hydroxylation sites is 1. The average molecular weight is 491 g/mol. The number of carbonyl (C=O) groups excluding carboxylic acids is 2. The third-order valence-corrected chi connectivity index (χ3v) is 5.89. The number of aromatic hydroxyl groups is 1. The number of phenolic OH excluding ortho intramolecular Hbond substituents is 1. The molecule has 1 aromatic carbocycles. The molecule has 0 spiro atoms. The Balaban J connectivity index is 0.00000267. The number of rotatable bonds is 10. The van der Waals surface area contributed by atoms with E-state index in [0.717, 1.165) is 5.92 Å². The van der Waals surface area contributed by atoms with Gasteiger partial charge in [-0.1, -0.05) is 79.7 Å². The lowest BCUT2D eigenvalue weighted by atomic mass is 9.71. The highest BCUT2D eigenvalue weighted by Crippen LogP contribution is 2.38. The van der Waals surface area contributed by atoms with Crippen molar-refractivity contribution in [3.05, 3.63) is 41.5 Å². The van der Waals surface area contributed by atoms with Crippen molar-refractivity contribution in [2.75, 3.05) is 13.6 Å². The first kappa shape index (κ1) is 32.2. The Morgan fingerprint density at radius 3 is 2.03 bits per heavy atom. The minimum Gasteiger partial charge on any atom is -0.508 e. The van der Waals surface area contributed by atoms with Crippen LogP contribution in [0, 0.1) is 17.8 Å². The fourth-order valence-corrected chi connectivity index (χ4v) is 3.89. The first-order valence-corrected chi connectivity index (χ1v) is 12.3. The van der Waals surface area contributed by atoms with Crippen LogP contribution in [0.1, 0.15) is 74.3 Å². The van der Waals surface area contributed by atoms with Crippen LogP contribution in [0.3, 0.4) is 0 Å². The van der Waals surface area contributed by atoms with Crippen LogP contribution in [0.25, 0.3) is 0 Å². The quantitative estimate of drug-likeness (QED) is 0.401. The van der Waals surface area contributed by atoms with Crippen LogP contribution in [-0.2, 0) is 19.8 Å². The molecular formula is C28H46N2O5. The van der Waals surface area contributed by atoms with Gasteiger partial charge in [-0.3, -0.25) is 9.59 Å². The molecule has 0 aliphatic rings. The molecule has 1 aromatic rings. The maximum absolute atomic E-state index is 13.0. The van der Waals surface area contributed by atoms with E-state index < -0.39 is 23.3 Å². The van der Waals surface area contributed by atoms with Gasteiger partial charge in [0.15, 0.2) is 0 Å². The summed E-state index contributed by atoms with van der Waals surface area (Å²) >= 11 is 0. The molecule has 2 amide bonds. The van der Waals surface area contributed by atoms with E-state index >= 15 is 0 Å². The van der Waals surface area contributed by atoms with Gasteiger partial charge >= 0.3 is 5.97 Å². The maximum Gasteiger partial charge on any atom is 0.331 e. The highest BCUT2D eigenvalue weighted by Gasteiger charge is 2.37. The molecular weight excluding hydrogens is 444 g/mol. The molecule has 7 heteroatoms. The summed E-state index contributed by atoms with van der Waals surface area (Å²) in [5.41, 5.74) is 0.202. The normalized spacial score (nSPS) is 13.5. The fourth-order valence-electron chi connectivity index (χ4n) is 3.89. The number of carboxylic acid groups (broad SMARTS) is 1. The summed E-state index contributed by atoms with van der Waals surface area (Å²) in [5, 5.41) is 22.1. The second-order valence-electron chi connectivity index (χ2n) is 10.5. The van der Waals surface area contributed by atoms with Gasteiger partial charge in [0, 0.05) is 29.5 Å². The van der Waals surface area contributed by atoms with Crippen molar-refractivity contribution < 1.29 is 24.6 Å². The van der Waals surface area contributed by atoms with Gasteiger partial charge in [-0.25, -0.2) is 4.79 Å². The number of likely N-dealkylation sites (N-methyl/N-ethyl adjacent to an activating group) is 1. The SMILES string of the molecule is CC(C)C.CC[C@H](C(=O)NCC(=O)N(C)[C@H](/C=C(\C)C(=O)O)C(C)C)C(C)(C)c1ccccc1O. The third kappa shape index (κ3) is 10.1. The molecule has 0 radical (unpaired) electrons. The molecule has 1 rings (SSSR count). The largest absolute Gasteiger partial charge is 0.508 e. The van der Waals surface area contributed by atoms with Crippen LogP contribution < -0.4 is 5.32 Å². The highest BCUT2D eigenvalue weighted by molar-refractivity contribution is 5.88. The second-order valence-corrected chi connectivity index (χ2v) is 10.5. The predicted molar refractivity (Wildman–Crippen MR) is 141 cm³/mol. The number of benzene rings is 1. The Morgan fingerprint density at radius 1 is 1.09 bits per heavy atom. The number of amides is 2. The zero-order valence-electron chi connectivity index (χ0n) is 23.2. The molecule has 198 valence electrons. The number of nitrogens with zero attached hydrogens (tertiary/aromatic N) is 1. The molecule has 35 heavy (non-hydrogen) atoms. The standard InChI is InChI=1S/C24H36N2O5.C4H10/c1-8-17(24(5,6)18-11-9-10-12-20(18)27)22(29)25-14-21(28)26(7)19(15(2)3)13-16(4)23(30)31;1-4(2)3/h9-13,15,17,19,27H,8,14H2,1-7H3,(H,25,29)(H,30,31);4H,1-3H3/b16-13+;/t17-,19-;/m1./s1. The molecule has 0 aliphatic heterocycles. The van der Waals surface area contributed by atoms with E-state index in [4.69, 9.17) is 5.11 Å². The van der Waals surface area contributed by atoms with E-state index in [-0.39, 0.29) is 35.6 Å². The summed E-state index contributed by atoms with van der Waals surface area (Å²) in [7, 11) is 1.61. The average Bonchev–Trinajstić information content (AvgIpc) is 2.74. The van der Waals surface area contributed by atoms with Gasteiger partial charge in [0.1, 0.15) is 5.75 Å². The van der Waals surface area contributed by atoms with Crippen molar-refractivity contribution >= 4 is 17.8 Å². The zero-order valence-corrected chi connectivity index (χ0v) is 23.2. The summed E-state index contributed by atoms with van der Waals surface area (Å²) in [4.78, 5) is 38.3. The monoisotopic (exact) mass is 490 g/mol. The topological polar surface area (TPSA) is 107 Å². The Bertz CT molecular complexity index is 871. The number of nitrogens with one attached hydrogen (secondary N) is 1. The Hall–Kier alpha value is -2.83. The van der Waals surface area contributed by atoms with Crippen molar-refractivity contribution in [2.45, 2.75) is 80.2 Å². The summed E-state index contributed by atoms with van der Waals surface area (Å²) < 4.78 is 0. The number of aliphatic carboxylic acids is 1. The lowest BCUT2D eigenvalue weighted by Gasteiger charge is -2.34. The lowest BCUT2D eigenvalue weighted by Crippen LogP contribution is -2.48. The molecule has 2 atom stereocenters. The summed E-state index contributed by atoms with van der Waals surface area (Å²) in [5.74, 6) is -1.09. The van der Waals surface area contributed by atoms with Gasteiger partial charge in [0.05, 0.1) is 12.6 Å². The predicted octanol–water partition coefficient (Wildman–Crippen LogP) is 4.99. The molecule has 0 saturated carbocycles. The number of carboxylic acids is 1. The molecule has 0 fully saturated rings. The smallest absolute Gasteiger partial charge is 0.331 e. The van der Waals surface area contributed by atoms with Crippen molar-refractivity contribution in [1.29, 1.82) is 0 Å². The lowest BCUT2D eigenvalue weighted by molar-refractivity contribution is -0.135. The van der Waals surface area contributed by atoms with Gasteiger partial charge in [-0.15, -0.1) is 0 Å². The Morgan fingerprint density at radius 2 is 1.60 bits per heavy atom. The van der Waals surface area contributed by atoms with E-state index in [1.54, 1.807) is 31.3 Å². The van der Waals surface area contributed by atoms with Crippen LogP contribution in [-0.4, -0.2) is 52.5 Å². The zero-order chi connectivity index (χ0) is 27.5. The summed E-state index contributed by atoms with van der Waals surface area (Å²) in [6.07, 6.45) is 2.09. The third-order valence-electron chi connectivity index (χ3n) is 5.89. The van der Waals surface area contributed by atoms with Gasteiger partial charge in [-0.05, 0) is 31.2 Å². The van der Waals surface area contributed by atoms with E-state index in [0.29, 0.717) is 12.0 Å². The van der Waals surface area contributed by atoms with E-state index in [1.165, 1.54) is 11.8 Å². The Kier molecular flexibility index (Phi) is 13.4. The molecule has 7 nitrogen and oxygen atoms in total. The number of hydrogen-bond donors (Lipinski definition) is 3. The molecule has 0 bridgehead atoms. The second kappa shape index (κ2) is 14.5. The van der Waals surface area contributed by atoms with Crippen LogP contribution in [0.15, 0.2) is 35.9 Å². The van der Waals surface area contributed by atoms with Gasteiger partial charge in [-0.2, -0.15) is 0 Å². The fraction of sp³-hybridized carbons (Fsp3) is 0.607. The molecule has 0 saturated heterocycles. The van der Waals surface area contributed by atoms with Crippen LogP contribution >= 0.6 is 0 Å². The Labute approximate surface area is 211 Å². The molecule has 0 unspecified atom stereocenters. The summed E-state index contributed by atoms with van der Waals surface area (Å²) in [6.45, 7) is 17.3. The van der Waals surface area contributed by atoms with Crippen LogP contribution in [0.5, 0.6) is 5.75 Å². The van der Waals surface area contributed by atoms with E-state index in [9.17, 15) is 19.5 Å². The van der Waals surface area contributed by atoms with Crippen molar-refractivity contribution in [2.24, 2.45) is 17.8 Å². The maximum atomic E-state index is 13.0. The van der Waals surface area contributed by atoms with Crippen molar-refractivity contribution in [3.8, 4) is 5.75 Å². The molecule has 3 N–H and O–H groups in total. The summed E-state index contributed by atoms with van der Waals surface area (Å²) in [6, 6.07) is 6.54. The molecule has 0 heterocycles. The van der Waals surface area contributed by atoms with Crippen molar-refractivity contribution in [3.63, 3.8) is 0 Å². The minimum absolute atomic E-state index is 0.00216. The number of carbonyl (C=O) groups is 3. The first-order chi connectivity index (χ1) is 16.1. The van der Waals surface area contributed by atoms with Gasteiger partial charge in [0.25, 0.3) is 0 Å². The van der Waals surface area contributed by atoms with Crippen LogP contribution in [0.4, 0.5) is 0 Å². The number of phenols is 1. The highest BCUT2D eigenvalue weighted by atomic mass is 16.4.